The second kappa shape index (κ2) is 7.24. The Bertz CT molecular complexity index is 625. The van der Waals surface area contributed by atoms with E-state index in [1.807, 2.05) is 6.07 Å². The Hall–Kier alpha value is -1.75. The van der Waals surface area contributed by atoms with E-state index in [0.29, 0.717) is 19.8 Å². The number of ether oxygens (including phenoxy) is 2. The van der Waals surface area contributed by atoms with E-state index in [1.165, 1.54) is 18.4 Å². The lowest BCUT2D eigenvalue weighted by molar-refractivity contribution is -0.133. The average molecular weight is 344 g/mol. The molecule has 0 aromatic heterocycles. The highest BCUT2D eigenvalue weighted by Crippen LogP contribution is 2.38. The lowest BCUT2D eigenvalue weighted by Gasteiger charge is -2.32. The molecule has 0 aliphatic carbocycles. The van der Waals surface area contributed by atoms with E-state index in [2.05, 4.69) is 28.9 Å². The van der Waals surface area contributed by atoms with Crippen LogP contribution in [0.1, 0.15) is 44.2 Å². The summed E-state index contributed by atoms with van der Waals surface area (Å²) in [5.41, 5.74) is 1.17. The Labute approximate surface area is 149 Å². The van der Waals surface area contributed by atoms with Gasteiger partial charge in [-0.05, 0) is 62.4 Å². The number of carbonyl (C=O) groups is 1. The minimum atomic E-state index is 0.173. The zero-order valence-electron chi connectivity index (χ0n) is 15.1. The molecule has 1 amide bonds. The normalized spacial score (nSPS) is 24.5. The number of likely N-dealkylation sites (tertiary alicyclic amines) is 2. The lowest BCUT2D eigenvalue weighted by Crippen LogP contribution is -2.43. The number of piperidine rings is 1. The van der Waals surface area contributed by atoms with Gasteiger partial charge in [0.2, 0.25) is 5.91 Å². The molecular weight excluding hydrogens is 316 g/mol. The summed E-state index contributed by atoms with van der Waals surface area (Å²) in [6, 6.07) is 6.31. The molecule has 1 unspecified atom stereocenters. The van der Waals surface area contributed by atoms with Gasteiger partial charge in [-0.3, -0.25) is 9.69 Å². The van der Waals surface area contributed by atoms with Gasteiger partial charge in [-0.25, -0.2) is 0 Å². The van der Waals surface area contributed by atoms with Crippen molar-refractivity contribution in [3.05, 3.63) is 23.8 Å². The molecule has 0 bridgehead atoms. The van der Waals surface area contributed by atoms with Gasteiger partial charge in [0.05, 0.1) is 12.6 Å². The maximum absolute atomic E-state index is 12.9. The number of nitrogens with zero attached hydrogens (tertiary/aromatic N) is 2. The van der Waals surface area contributed by atoms with E-state index >= 15 is 0 Å². The van der Waals surface area contributed by atoms with Crippen LogP contribution in [0, 0.1) is 5.92 Å². The zero-order chi connectivity index (χ0) is 17.2. The summed E-state index contributed by atoms with van der Waals surface area (Å²) in [6.07, 6.45) is 4.52. The van der Waals surface area contributed by atoms with E-state index in [9.17, 15) is 4.79 Å². The van der Waals surface area contributed by atoms with Gasteiger partial charge < -0.3 is 14.4 Å². The number of amides is 1. The van der Waals surface area contributed by atoms with Crippen molar-refractivity contribution < 1.29 is 14.3 Å². The summed E-state index contributed by atoms with van der Waals surface area (Å²) >= 11 is 0. The Morgan fingerprint density at radius 1 is 1.08 bits per heavy atom. The Morgan fingerprint density at radius 2 is 1.84 bits per heavy atom. The van der Waals surface area contributed by atoms with Crippen LogP contribution in [0.3, 0.4) is 0 Å². The fraction of sp³-hybridized carbons (Fsp3) is 0.650. The molecule has 1 aromatic rings. The molecule has 0 N–H and O–H groups in total. The van der Waals surface area contributed by atoms with Crippen molar-refractivity contribution in [2.45, 2.75) is 38.6 Å². The molecule has 5 heteroatoms. The van der Waals surface area contributed by atoms with Crippen LogP contribution in [0.15, 0.2) is 18.2 Å². The monoisotopic (exact) mass is 344 g/mol. The highest BCUT2D eigenvalue weighted by Gasteiger charge is 2.32. The van der Waals surface area contributed by atoms with E-state index in [-0.39, 0.29) is 11.9 Å². The molecule has 3 aliphatic rings. The van der Waals surface area contributed by atoms with Gasteiger partial charge in [0.25, 0.3) is 0 Å². The standard InChI is InChI=1S/C20H28N2O3/c1-15-6-9-21(10-7-15)14-20(23)22-8-2-3-17(22)16-4-5-18-19(13-16)25-12-11-24-18/h4-5,13,15,17H,2-3,6-12,14H2,1H3. The summed E-state index contributed by atoms with van der Waals surface area (Å²) in [6.45, 7) is 7.03. The van der Waals surface area contributed by atoms with Crippen molar-refractivity contribution in [1.29, 1.82) is 0 Å². The quantitative estimate of drug-likeness (QED) is 0.846. The Morgan fingerprint density at radius 3 is 2.64 bits per heavy atom. The van der Waals surface area contributed by atoms with Gasteiger partial charge in [0.1, 0.15) is 13.2 Å². The van der Waals surface area contributed by atoms with Gasteiger partial charge in [-0.1, -0.05) is 13.0 Å². The molecule has 2 fully saturated rings. The third-order valence-electron chi connectivity index (χ3n) is 5.76. The van der Waals surface area contributed by atoms with Crippen LogP contribution in [0.5, 0.6) is 11.5 Å². The van der Waals surface area contributed by atoms with Crippen molar-refractivity contribution in [1.82, 2.24) is 9.80 Å². The van der Waals surface area contributed by atoms with Crippen LogP contribution >= 0.6 is 0 Å². The fourth-order valence-corrected chi connectivity index (χ4v) is 4.18. The highest BCUT2D eigenvalue weighted by molar-refractivity contribution is 5.79. The minimum absolute atomic E-state index is 0.173. The summed E-state index contributed by atoms with van der Waals surface area (Å²) in [7, 11) is 0. The smallest absolute Gasteiger partial charge is 0.237 e. The molecule has 5 nitrogen and oxygen atoms in total. The third-order valence-corrected chi connectivity index (χ3v) is 5.76. The Balaban J connectivity index is 1.44. The summed E-state index contributed by atoms with van der Waals surface area (Å²) in [5, 5.41) is 0. The van der Waals surface area contributed by atoms with Gasteiger partial charge in [0, 0.05) is 6.54 Å². The highest BCUT2D eigenvalue weighted by atomic mass is 16.6. The first-order chi connectivity index (χ1) is 12.2. The summed E-state index contributed by atoms with van der Waals surface area (Å²) < 4.78 is 11.3. The van der Waals surface area contributed by atoms with E-state index in [1.54, 1.807) is 0 Å². The zero-order valence-corrected chi connectivity index (χ0v) is 15.1. The molecule has 2 saturated heterocycles. The predicted octanol–water partition coefficient (Wildman–Crippen LogP) is 2.85. The molecule has 3 aliphatic heterocycles. The lowest BCUT2D eigenvalue weighted by atomic mass is 9.99. The van der Waals surface area contributed by atoms with Crippen molar-refractivity contribution in [2.24, 2.45) is 5.92 Å². The maximum Gasteiger partial charge on any atom is 0.237 e. The molecule has 3 heterocycles. The number of benzene rings is 1. The molecule has 4 rings (SSSR count). The maximum atomic E-state index is 12.9. The molecule has 25 heavy (non-hydrogen) atoms. The number of fused-ring (bicyclic) bond motifs is 1. The minimum Gasteiger partial charge on any atom is -0.486 e. The second-order valence-electron chi connectivity index (χ2n) is 7.61. The first-order valence-corrected chi connectivity index (χ1v) is 9.62. The predicted molar refractivity (Wildman–Crippen MR) is 96.0 cm³/mol. The fourth-order valence-electron chi connectivity index (χ4n) is 4.18. The summed E-state index contributed by atoms with van der Waals surface area (Å²) in [5.74, 6) is 2.69. The molecule has 0 spiro atoms. The van der Waals surface area contributed by atoms with E-state index < -0.39 is 0 Å². The van der Waals surface area contributed by atoms with Crippen LogP contribution in [0.2, 0.25) is 0 Å². The van der Waals surface area contributed by atoms with Gasteiger partial charge >= 0.3 is 0 Å². The largest absolute Gasteiger partial charge is 0.486 e. The Kier molecular flexibility index (Phi) is 4.84. The van der Waals surface area contributed by atoms with Crippen molar-refractivity contribution in [3.8, 4) is 11.5 Å². The molecule has 1 atom stereocenters. The number of hydrogen-bond acceptors (Lipinski definition) is 4. The molecular formula is C20H28N2O3. The van der Waals surface area contributed by atoms with Crippen molar-refractivity contribution in [2.75, 3.05) is 39.4 Å². The topological polar surface area (TPSA) is 42.0 Å². The number of carbonyl (C=O) groups excluding carboxylic acids is 1. The van der Waals surface area contributed by atoms with E-state index in [4.69, 9.17) is 9.47 Å². The average Bonchev–Trinajstić information content (AvgIpc) is 3.13. The third kappa shape index (κ3) is 3.61. The van der Waals surface area contributed by atoms with Gasteiger partial charge in [0.15, 0.2) is 11.5 Å². The summed E-state index contributed by atoms with van der Waals surface area (Å²) in [4.78, 5) is 17.3. The molecule has 0 radical (unpaired) electrons. The van der Waals surface area contributed by atoms with Gasteiger partial charge in [-0.2, -0.15) is 0 Å². The SMILES string of the molecule is CC1CCN(CC(=O)N2CCCC2c2ccc3c(c2)OCCO3)CC1. The number of hydrogen-bond donors (Lipinski definition) is 0. The first kappa shape index (κ1) is 16.7. The van der Waals surface area contributed by atoms with Crippen LogP contribution in [-0.4, -0.2) is 55.1 Å². The number of rotatable bonds is 3. The molecule has 0 saturated carbocycles. The van der Waals surface area contributed by atoms with Crippen molar-refractivity contribution in [3.63, 3.8) is 0 Å². The van der Waals surface area contributed by atoms with Crippen LogP contribution in [0.25, 0.3) is 0 Å². The molecule has 136 valence electrons. The van der Waals surface area contributed by atoms with Crippen LogP contribution in [-0.2, 0) is 4.79 Å². The van der Waals surface area contributed by atoms with E-state index in [0.717, 1.165) is 49.9 Å². The van der Waals surface area contributed by atoms with Gasteiger partial charge in [-0.15, -0.1) is 0 Å². The first-order valence-electron chi connectivity index (χ1n) is 9.62. The van der Waals surface area contributed by atoms with Crippen LogP contribution < -0.4 is 9.47 Å². The molecule has 1 aromatic carbocycles. The van der Waals surface area contributed by atoms with Crippen molar-refractivity contribution >= 4 is 5.91 Å². The van der Waals surface area contributed by atoms with Crippen LogP contribution in [0.4, 0.5) is 0 Å². The second-order valence-corrected chi connectivity index (χ2v) is 7.61.